The van der Waals surface area contributed by atoms with Crippen molar-refractivity contribution in [2.45, 2.75) is 18.9 Å². The van der Waals surface area contributed by atoms with E-state index in [0.717, 1.165) is 12.8 Å². The molecular weight excluding hydrogens is 461 g/mol. The van der Waals surface area contributed by atoms with Gasteiger partial charge in [-0.25, -0.2) is 0 Å². The van der Waals surface area contributed by atoms with E-state index in [4.69, 9.17) is 34.8 Å². The van der Waals surface area contributed by atoms with Crippen molar-refractivity contribution in [2.24, 2.45) is 0 Å². The van der Waals surface area contributed by atoms with Crippen LogP contribution in [-0.4, -0.2) is 22.4 Å². The molecule has 0 aliphatic heterocycles. The van der Waals surface area contributed by atoms with Crippen LogP contribution in [0.5, 0.6) is 0 Å². The lowest BCUT2D eigenvalue weighted by molar-refractivity contribution is 0.0949. The minimum absolute atomic E-state index is 0.180. The number of benzene rings is 2. The van der Waals surface area contributed by atoms with Crippen LogP contribution >= 0.6 is 34.8 Å². The Hall–Kier alpha value is -2.80. The molecule has 3 aromatic rings. The van der Waals surface area contributed by atoms with E-state index < -0.39 is 11.5 Å². The molecule has 2 amide bonds. The first-order chi connectivity index (χ1) is 14.8. The lowest BCUT2D eigenvalue weighted by Crippen LogP contribution is -2.25. The number of halogens is 3. The van der Waals surface area contributed by atoms with Gasteiger partial charge in [-0.15, -0.1) is 0 Å². The molecule has 0 saturated heterocycles. The fraction of sp³-hybridized carbons (Fsp3) is 0.136. The molecule has 1 aliphatic carbocycles. The van der Waals surface area contributed by atoms with Gasteiger partial charge in [0, 0.05) is 23.9 Å². The van der Waals surface area contributed by atoms with E-state index in [0.29, 0.717) is 5.56 Å². The summed E-state index contributed by atoms with van der Waals surface area (Å²) in [4.78, 5) is 37.5. The first-order valence-corrected chi connectivity index (χ1v) is 10.6. The molecule has 0 radical (unpaired) electrons. The zero-order chi connectivity index (χ0) is 22.1. The SMILES string of the molecule is O=C(Nc1cc(C(=O)NC2CC2)ccc1Cl)c1ccc(=O)n(-c2c(Cl)cccc2Cl)c1. The van der Waals surface area contributed by atoms with Crippen LogP contribution in [0.1, 0.15) is 33.6 Å². The Morgan fingerprint density at radius 1 is 0.871 bits per heavy atom. The van der Waals surface area contributed by atoms with E-state index in [1.165, 1.54) is 29.0 Å². The number of rotatable bonds is 5. The number of nitrogens with zero attached hydrogens (tertiary/aromatic N) is 1. The van der Waals surface area contributed by atoms with Gasteiger partial charge in [-0.2, -0.15) is 0 Å². The smallest absolute Gasteiger partial charge is 0.257 e. The summed E-state index contributed by atoms with van der Waals surface area (Å²) in [5, 5.41) is 6.39. The molecule has 1 aliphatic rings. The lowest BCUT2D eigenvalue weighted by Gasteiger charge is -2.13. The van der Waals surface area contributed by atoms with E-state index >= 15 is 0 Å². The second kappa shape index (κ2) is 8.75. The highest BCUT2D eigenvalue weighted by molar-refractivity contribution is 6.37. The number of pyridine rings is 1. The minimum atomic E-state index is -0.515. The topological polar surface area (TPSA) is 80.2 Å². The van der Waals surface area contributed by atoms with Crippen molar-refractivity contribution in [1.82, 2.24) is 9.88 Å². The Morgan fingerprint density at radius 2 is 1.55 bits per heavy atom. The molecule has 1 heterocycles. The van der Waals surface area contributed by atoms with Crippen molar-refractivity contribution in [3.8, 4) is 5.69 Å². The van der Waals surface area contributed by atoms with Crippen LogP contribution in [0.4, 0.5) is 5.69 Å². The fourth-order valence-electron chi connectivity index (χ4n) is 2.97. The fourth-order valence-corrected chi connectivity index (χ4v) is 3.71. The van der Waals surface area contributed by atoms with Crippen molar-refractivity contribution in [3.63, 3.8) is 0 Å². The number of carbonyl (C=O) groups is 2. The predicted octanol–water partition coefficient (Wildman–Crippen LogP) is 4.94. The molecule has 2 aromatic carbocycles. The van der Waals surface area contributed by atoms with Crippen molar-refractivity contribution >= 4 is 52.3 Å². The lowest BCUT2D eigenvalue weighted by atomic mass is 10.1. The maximum absolute atomic E-state index is 12.8. The Balaban J connectivity index is 1.62. The zero-order valence-electron chi connectivity index (χ0n) is 16.0. The zero-order valence-corrected chi connectivity index (χ0v) is 18.3. The maximum Gasteiger partial charge on any atom is 0.257 e. The van der Waals surface area contributed by atoms with Gasteiger partial charge in [0.15, 0.2) is 0 Å². The van der Waals surface area contributed by atoms with E-state index in [1.54, 1.807) is 30.3 Å². The molecule has 0 unspecified atom stereocenters. The van der Waals surface area contributed by atoms with Gasteiger partial charge < -0.3 is 10.6 Å². The quantitative estimate of drug-likeness (QED) is 0.547. The van der Waals surface area contributed by atoms with Gasteiger partial charge in [-0.1, -0.05) is 40.9 Å². The third kappa shape index (κ3) is 4.77. The molecule has 31 heavy (non-hydrogen) atoms. The highest BCUT2D eigenvalue weighted by Crippen LogP contribution is 2.28. The van der Waals surface area contributed by atoms with E-state index in [9.17, 15) is 14.4 Å². The number of carbonyl (C=O) groups excluding carboxylic acids is 2. The highest BCUT2D eigenvalue weighted by atomic mass is 35.5. The Bertz CT molecular complexity index is 1230. The maximum atomic E-state index is 12.8. The molecule has 158 valence electrons. The molecule has 1 fully saturated rings. The first-order valence-electron chi connectivity index (χ1n) is 9.42. The monoisotopic (exact) mass is 475 g/mol. The normalized spacial score (nSPS) is 13.0. The summed E-state index contributed by atoms with van der Waals surface area (Å²) in [5.41, 5.74) is 0.730. The van der Waals surface area contributed by atoms with Crippen LogP contribution in [0.2, 0.25) is 15.1 Å². The number of hydrogen-bond acceptors (Lipinski definition) is 3. The summed E-state index contributed by atoms with van der Waals surface area (Å²) in [6, 6.07) is 12.3. The molecule has 0 spiro atoms. The molecule has 6 nitrogen and oxygen atoms in total. The Kier molecular flexibility index (Phi) is 6.05. The van der Waals surface area contributed by atoms with Gasteiger partial charge in [0.25, 0.3) is 17.4 Å². The van der Waals surface area contributed by atoms with Gasteiger partial charge in [0.1, 0.15) is 0 Å². The van der Waals surface area contributed by atoms with Crippen LogP contribution in [0.25, 0.3) is 5.69 Å². The van der Waals surface area contributed by atoms with E-state index in [1.807, 2.05) is 0 Å². The molecule has 4 rings (SSSR count). The van der Waals surface area contributed by atoms with Gasteiger partial charge in [0.05, 0.1) is 32.0 Å². The molecule has 1 aromatic heterocycles. The Labute approximate surface area is 192 Å². The van der Waals surface area contributed by atoms with E-state index in [-0.39, 0.29) is 44.0 Å². The summed E-state index contributed by atoms with van der Waals surface area (Å²) >= 11 is 18.6. The number of para-hydroxylation sites is 1. The summed E-state index contributed by atoms with van der Waals surface area (Å²) in [6.45, 7) is 0. The number of aromatic nitrogens is 1. The summed E-state index contributed by atoms with van der Waals surface area (Å²) in [5.74, 6) is -0.741. The second-order valence-electron chi connectivity index (χ2n) is 7.09. The number of amides is 2. The van der Waals surface area contributed by atoms with Gasteiger partial charge in [-0.05, 0) is 49.2 Å². The number of hydrogen-bond donors (Lipinski definition) is 2. The molecule has 0 atom stereocenters. The van der Waals surface area contributed by atoms with Crippen LogP contribution in [-0.2, 0) is 0 Å². The third-order valence-corrected chi connectivity index (χ3v) is 5.68. The summed E-state index contributed by atoms with van der Waals surface area (Å²) in [6.07, 6.45) is 3.28. The van der Waals surface area contributed by atoms with Gasteiger partial charge >= 0.3 is 0 Å². The van der Waals surface area contributed by atoms with E-state index in [2.05, 4.69) is 10.6 Å². The van der Waals surface area contributed by atoms with Crippen LogP contribution in [0, 0.1) is 0 Å². The van der Waals surface area contributed by atoms with Gasteiger partial charge in [-0.3, -0.25) is 19.0 Å². The highest BCUT2D eigenvalue weighted by Gasteiger charge is 2.24. The van der Waals surface area contributed by atoms with Crippen molar-refractivity contribution < 1.29 is 9.59 Å². The average molecular weight is 477 g/mol. The number of nitrogens with one attached hydrogen (secondary N) is 2. The first kappa shape index (κ1) is 21.4. The standard InChI is InChI=1S/C22H16Cl3N3O3/c23-15-8-4-12(21(30)26-14-6-7-14)10-18(15)27-22(31)13-5-9-19(29)28(11-13)20-16(24)2-1-3-17(20)25/h1-5,8-11,14H,6-7H2,(H,26,30)(H,27,31). The average Bonchev–Trinajstić information content (AvgIpc) is 3.54. The van der Waals surface area contributed by atoms with Crippen molar-refractivity contribution in [2.75, 3.05) is 5.32 Å². The van der Waals surface area contributed by atoms with Crippen molar-refractivity contribution in [3.05, 3.63) is 91.3 Å². The molecule has 1 saturated carbocycles. The second-order valence-corrected chi connectivity index (χ2v) is 8.31. The third-order valence-electron chi connectivity index (χ3n) is 4.74. The molecular formula is C22H16Cl3N3O3. The van der Waals surface area contributed by atoms with Crippen LogP contribution in [0.3, 0.4) is 0 Å². The van der Waals surface area contributed by atoms with Crippen LogP contribution < -0.4 is 16.2 Å². The Morgan fingerprint density at radius 3 is 2.23 bits per heavy atom. The largest absolute Gasteiger partial charge is 0.349 e. The molecule has 9 heteroatoms. The predicted molar refractivity (Wildman–Crippen MR) is 122 cm³/mol. The molecule has 0 bridgehead atoms. The van der Waals surface area contributed by atoms with Crippen LogP contribution in [0.15, 0.2) is 59.5 Å². The molecule has 2 N–H and O–H groups in total. The summed E-state index contributed by atoms with van der Waals surface area (Å²) in [7, 11) is 0. The van der Waals surface area contributed by atoms with Crippen molar-refractivity contribution in [1.29, 1.82) is 0 Å². The summed E-state index contributed by atoms with van der Waals surface area (Å²) < 4.78 is 1.21. The minimum Gasteiger partial charge on any atom is -0.349 e. The number of anilines is 1. The van der Waals surface area contributed by atoms with Gasteiger partial charge in [0.2, 0.25) is 0 Å².